The number of amides is 3. The lowest BCUT2D eigenvalue weighted by molar-refractivity contribution is -0.118. The van der Waals surface area contributed by atoms with Crippen molar-refractivity contribution in [3.63, 3.8) is 0 Å². The lowest BCUT2D eigenvalue weighted by Crippen LogP contribution is -2.41. The van der Waals surface area contributed by atoms with E-state index in [-0.39, 0.29) is 6.54 Å². The average Bonchev–Trinajstić information content (AvgIpc) is 2.53. The maximum absolute atomic E-state index is 11.7. The van der Waals surface area contributed by atoms with Crippen molar-refractivity contribution in [3.05, 3.63) is 64.6 Å². The maximum atomic E-state index is 11.7. The molecule has 0 saturated heterocycles. The first-order chi connectivity index (χ1) is 10.6. The van der Waals surface area contributed by atoms with Gasteiger partial charge in [-0.25, -0.2) is 4.79 Å². The minimum Gasteiger partial charge on any atom is -0.375 e. The van der Waals surface area contributed by atoms with Gasteiger partial charge in [0.1, 0.15) is 0 Å². The van der Waals surface area contributed by atoms with Crippen LogP contribution in [0.3, 0.4) is 0 Å². The summed E-state index contributed by atoms with van der Waals surface area (Å²) >= 11 is 3.37. The number of nitrogens with one attached hydrogen (secondary N) is 3. The van der Waals surface area contributed by atoms with Gasteiger partial charge in [0.25, 0.3) is 0 Å². The number of halogens is 1. The molecule has 2 aromatic rings. The summed E-state index contributed by atoms with van der Waals surface area (Å²) in [6, 6.07) is 16.4. The number of imide groups is 1. The minimum atomic E-state index is -0.511. The fourth-order valence-corrected chi connectivity index (χ4v) is 2.20. The van der Waals surface area contributed by atoms with Crippen LogP contribution >= 0.6 is 15.9 Å². The summed E-state index contributed by atoms with van der Waals surface area (Å²) in [6.45, 7) is 0.388. The van der Waals surface area contributed by atoms with E-state index in [9.17, 15) is 9.59 Å². The van der Waals surface area contributed by atoms with Crippen LogP contribution in [0.25, 0.3) is 0 Å². The van der Waals surface area contributed by atoms with E-state index in [1.54, 1.807) is 0 Å². The Morgan fingerprint density at radius 2 is 1.64 bits per heavy atom. The molecule has 6 heteroatoms. The highest BCUT2D eigenvalue weighted by Gasteiger charge is 2.07. The predicted molar refractivity (Wildman–Crippen MR) is 89.5 cm³/mol. The van der Waals surface area contributed by atoms with Gasteiger partial charge in [-0.3, -0.25) is 10.1 Å². The van der Waals surface area contributed by atoms with Crippen molar-refractivity contribution >= 4 is 33.6 Å². The van der Waals surface area contributed by atoms with Gasteiger partial charge in [0.05, 0.1) is 6.54 Å². The van der Waals surface area contributed by atoms with E-state index in [0.29, 0.717) is 6.54 Å². The Morgan fingerprint density at radius 1 is 0.955 bits per heavy atom. The molecule has 114 valence electrons. The number of para-hydroxylation sites is 1. The van der Waals surface area contributed by atoms with Gasteiger partial charge in [-0.1, -0.05) is 42.5 Å². The van der Waals surface area contributed by atoms with Crippen molar-refractivity contribution in [3.8, 4) is 0 Å². The van der Waals surface area contributed by atoms with Crippen molar-refractivity contribution in [1.82, 2.24) is 10.6 Å². The van der Waals surface area contributed by atoms with Crippen molar-refractivity contribution in [2.45, 2.75) is 6.54 Å². The van der Waals surface area contributed by atoms with Gasteiger partial charge in [-0.15, -0.1) is 0 Å². The molecule has 0 aromatic heterocycles. The number of hydrogen-bond donors (Lipinski definition) is 3. The number of carbonyl (C=O) groups is 2. The minimum absolute atomic E-state index is 0.0152. The molecular weight excluding hydrogens is 346 g/mol. The van der Waals surface area contributed by atoms with Gasteiger partial charge in [-0.2, -0.15) is 0 Å². The largest absolute Gasteiger partial charge is 0.375 e. The van der Waals surface area contributed by atoms with Crippen LogP contribution in [0.2, 0.25) is 0 Å². The van der Waals surface area contributed by atoms with E-state index in [1.165, 1.54) is 0 Å². The molecule has 5 nitrogen and oxygen atoms in total. The third-order valence-corrected chi connectivity index (χ3v) is 3.55. The van der Waals surface area contributed by atoms with Gasteiger partial charge in [0.15, 0.2) is 0 Å². The van der Waals surface area contributed by atoms with Crippen LogP contribution in [-0.4, -0.2) is 18.5 Å². The maximum Gasteiger partial charge on any atom is 0.321 e. The van der Waals surface area contributed by atoms with Crippen molar-refractivity contribution in [2.75, 3.05) is 11.9 Å². The molecule has 0 spiro atoms. The molecule has 2 rings (SSSR count). The zero-order chi connectivity index (χ0) is 15.8. The van der Waals surface area contributed by atoms with Gasteiger partial charge in [-0.05, 0) is 33.6 Å². The van der Waals surface area contributed by atoms with E-state index in [0.717, 1.165) is 15.7 Å². The van der Waals surface area contributed by atoms with Gasteiger partial charge >= 0.3 is 6.03 Å². The average molecular weight is 362 g/mol. The summed E-state index contributed by atoms with van der Waals surface area (Å²) in [7, 11) is 0. The van der Waals surface area contributed by atoms with Crippen molar-refractivity contribution < 1.29 is 9.59 Å². The molecule has 0 fully saturated rings. The molecule has 0 saturated carbocycles. The lowest BCUT2D eigenvalue weighted by atomic mass is 10.2. The second-order valence-corrected chi connectivity index (χ2v) is 5.40. The monoisotopic (exact) mass is 361 g/mol. The van der Waals surface area contributed by atoms with E-state index in [4.69, 9.17) is 0 Å². The Hall–Kier alpha value is -2.34. The van der Waals surface area contributed by atoms with E-state index < -0.39 is 11.9 Å². The summed E-state index contributed by atoms with van der Waals surface area (Å²) in [5, 5.41) is 7.86. The number of rotatable bonds is 5. The van der Waals surface area contributed by atoms with E-state index in [1.807, 2.05) is 54.6 Å². The molecule has 0 bridgehead atoms. The van der Waals surface area contributed by atoms with Gasteiger partial charge < -0.3 is 10.6 Å². The number of urea groups is 1. The Balaban J connectivity index is 1.72. The first kappa shape index (κ1) is 16.0. The van der Waals surface area contributed by atoms with Crippen molar-refractivity contribution in [2.24, 2.45) is 0 Å². The molecular formula is C16H16BrN3O2. The summed E-state index contributed by atoms with van der Waals surface area (Å²) in [4.78, 5) is 23.3. The molecule has 0 radical (unpaired) electrons. The van der Waals surface area contributed by atoms with Gasteiger partial charge in [0.2, 0.25) is 5.91 Å². The second-order valence-electron chi connectivity index (χ2n) is 4.55. The van der Waals surface area contributed by atoms with Crippen LogP contribution in [0.15, 0.2) is 59.1 Å². The number of hydrogen-bond acceptors (Lipinski definition) is 3. The van der Waals surface area contributed by atoms with Crippen LogP contribution < -0.4 is 16.0 Å². The summed E-state index contributed by atoms with van der Waals surface area (Å²) in [5.41, 5.74) is 1.76. The van der Waals surface area contributed by atoms with Crippen LogP contribution in [0, 0.1) is 0 Å². The highest BCUT2D eigenvalue weighted by molar-refractivity contribution is 9.10. The Kier molecular flexibility index (Phi) is 5.97. The smallest absolute Gasteiger partial charge is 0.321 e. The Morgan fingerprint density at radius 3 is 2.36 bits per heavy atom. The SMILES string of the molecule is O=C(CNc1ccccc1Br)NC(=O)NCc1ccccc1. The first-order valence-electron chi connectivity index (χ1n) is 6.75. The summed E-state index contributed by atoms with van der Waals surface area (Å²) in [6.07, 6.45) is 0. The molecule has 22 heavy (non-hydrogen) atoms. The molecule has 0 heterocycles. The Labute approximate surface area is 137 Å². The molecule has 0 unspecified atom stereocenters. The van der Waals surface area contributed by atoms with E-state index >= 15 is 0 Å². The fourth-order valence-electron chi connectivity index (χ4n) is 1.77. The molecule has 2 aromatic carbocycles. The lowest BCUT2D eigenvalue weighted by Gasteiger charge is -2.09. The second kappa shape index (κ2) is 8.19. The quantitative estimate of drug-likeness (QED) is 0.766. The molecule has 3 amide bonds. The van der Waals surface area contributed by atoms with E-state index in [2.05, 4.69) is 31.9 Å². The Bertz CT molecular complexity index is 647. The van der Waals surface area contributed by atoms with Crippen LogP contribution in [0.1, 0.15) is 5.56 Å². The highest BCUT2D eigenvalue weighted by Crippen LogP contribution is 2.20. The number of carbonyl (C=O) groups excluding carboxylic acids is 2. The molecule has 0 aliphatic rings. The summed E-state index contributed by atoms with van der Waals surface area (Å²) < 4.78 is 0.858. The zero-order valence-corrected chi connectivity index (χ0v) is 13.4. The van der Waals surface area contributed by atoms with Crippen molar-refractivity contribution in [1.29, 1.82) is 0 Å². The topological polar surface area (TPSA) is 70.2 Å². The van der Waals surface area contributed by atoms with Crippen LogP contribution in [0.4, 0.5) is 10.5 Å². The number of benzene rings is 2. The van der Waals surface area contributed by atoms with Crippen LogP contribution in [-0.2, 0) is 11.3 Å². The molecule has 0 atom stereocenters. The molecule has 0 aliphatic carbocycles. The zero-order valence-electron chi connectivity index (χ0n) is 11.8. The third-order valence-electron chi connectivity index (χ3n) is 2.86. The first-order valence-corrected chi connectivity index (χ1v) is 7.54. The standard InChI is InChI=1S/C16H16BrN3O2/c17-13-8-4-5-9-14(13)18-11-15(21)20-16(22)19-10-12-6-2-1-3-7-12/h1-9,18H,10-11H2,(H2,19,20,21,22). The molecule has 0 aliphatic heterocycles. The highest BCUT2D eigenvalue weighted by atomic mass is 79.9. The van der Waals surface area contributed by atoms with Gasteiger partial charge in [0, 0.05) is 16.7 Å². The van der Waals surface area contributed by atoms with Crippen LogP contribution in [0.5, 0.6) is 0 Å². The predicted octanol–water partition coefficient (Wildman–Crippen LogP) is 2.89. The third kappa shape index (κ3) is 5.21. The normalized spacial score (nSPS) is 9.86. The fraction of sp³-hybridized carbons (Fsp3) is 0.125. The summed E-state index contributed by atoms with van der Waals surface area (Å²) in [5.74, 6) is -0.402. The number of anilines is 1. The molecule has 3 N–H and O–H groups in total.